The number of carbonyl (C=O) groups excluding carboxylic acids is 10. The summed E-state index contributed by atoms with van der Waals surface area (Å²) in [5.41, 5.74) is 13.0. The smallest absolute Gasteiger partial charge is 0.227 e. The summed E-state index contributed by atoms with van der Waals surface area (Å²) in [5.74, 6) is 2.10. The van der Waals surface area contributed by atoms with E-state index in [-0.39, 0.29) is 99.4 Å². The van der Waals surface area contributed by atoms with Crippen molar-refractivity contribution >= 4 is 116 Å². The third-order valence-electron chi connectivity index (χ3n) is 22.9. The van der Waals surface area contributed by atoms with Gasteiger partial charge in [0.15, 0.2) is 0 Å². The molecule has 24 nitrogen and oxygen atoms in total. The highest BCUT2D eigenvalue weighted by Gasteiger charge is 2.22. The molecule has 0 aliphatic rings. The number of hydrogen-bond donors (Lipinski definition) is 6. The number of para-hydroxylation sites is 5. The standard InChI is InChI=1S/2C16H23NO2.3C15H21NO2.C14H18ClNO2.2C14H19NO2/c1-13-9-7-8-11-15(13)17(3)16(19)12-6-4-5-10-14(2)18;1-13-9-11-15(12-10-13)17(3)16(19)8-6-4-5-7-14(2)18;1-12-8-4-6-10-14(12)16(3)15(18)11-7-5-9-13(2)17;1-12(2)16(14-9-5-4-6-10-14)15(18)11-7-8-13(3)17;1-12-8-10-14(11-9-12)16(3)15(18)7-5-4-6-13(2)17;1-3-16(13-9-7-12(15)8-10-13)14(18)6-4-5-11(2)17;1-11-7-4-5-9-13(11)15(3)14(17)10-6-8-12(2)16;1-3-15(13-9-5-4-6-10-13)14(17)11-7-8-12(2)16/h7-9,11,18H,2,4-6,10,12H2,1,3H3;9-12,18H,2,4-8H2,1,3H3;4,6,8,10H,5,7,9,11H2,1-3H3;4-6,9-10,12,17H,3,7-8,11H2,1-2H3;8-11H,4-7H2,1-3H3;7-10,17H,2-6H2,1H3;4-5,7,9,16H,2,6,8,10H2,1,3H3;4-6,9-10,16H,2-3,7-8,11H2,1H3. The second-order valence-electron chi connectivity index (χ2n) is 35.8. The highest BCUT2D eigenvalue weighted by Crippen LogP contribution is 2.27. The number of hydrogen-bond acceptors (Lipinski definition) is 16. The van der Waals surface area contributed by atoms with Gasteiger partial charge in [0.1, 0.15) is 11.6 Å². The molecule has 0 spiro atoms. The maximum atomic E-state index is 12.2. The van der Waals surface area contributed by atoms with Gasteiger partial charge in [-0.2, -0.15) is 0 Å². The van der Waals surface area contributed by atoms with Crippen molar-refractivity contribution in [2.24, 2.45) is 0 Å². The number of aliphatic hydroxyl groups excluding tert-OH is 6. The summed E-state index contributed by atoms with van der Waals surface area (Å²) in [6.07, 6.45) is 19.0. The number of halogens is 1. The van der Waals surface area contributed by atoms with Crippen LogP contribution in [0.5, 0.6) is 0 Å². The minimum Gasteiger partial charge on any atom is -0.513 e. The molecule has 0 heterocycles. The maximum Gasteiger partial charge on any atom is 0.227 e. The average molecular weight is 2000 g/mol. The molecule has 8 aromatic rings. The van der Waals surface area contributed by atoms with E-state index >= 15 is 0 Å². The van der Waals surface area contributed by atoms with Crippen LogP contribution >= 0.6 is 11.6 Å². The summed E-state index contributed by atoms with van der Waals surface area (Å²) < 4.78 is 0. The first-order valence-electron chi connectivity index (χ1n) is 49.9. The minimum absolute atomic E-state index is 0.0427. The number of Topliss-reactive ketones (excluding diaryl/α,β-unsaturated/α-hetero) is 2. The number of anilines is 8. The molecule has 8 amide bonds. The number of unbranched alkanes of at least 4 members (excludes halogenated alkanes) is 6. The third kappa shape index (κ3) is 56.9. The fourth-order valence-corrected chi connectivity index (χ4v) is 14.6. The Morgan fingerprint density at radius 3 is 0.757 bits per heavy atom. The molecule has 25 heteroatoms. The van der Waals surface area contributed by atoms with E-state index in [2.05, 4.69) is 39.5 Å². The van der Waals surface area contributed by atoms with E-state index in [1.54, 1.807) is 86.3 Å². The average Bonchev–Trinajstić information content (AvgIpc) is 0.893. The Bertz CT molecular complexity index is 5240. The zero-order valence-electron chi connectivity index (χ0n) is 88.8. The van der Waals surface area contributed by atoms with Crippen molar-refractivity contribution in [1.82, 2.24) is 0 Å². The predicted octanol–water partition coefficient (Wildman–Crippen LogP) is 28.3. The van der Waals surface area contributed by atoms with Crippen LogP contribution in [0.3, 0.4) is 0 Å². The van der Waals surface area contributed by atoms with Gasteiger partial charge in [-0.15, -0.1) is 0 Å². The molecule has 0 aliphatic carbocycles. The Kier molecular flexibility index (Phi) is 66.3. The van der Waals surface area contributed by atoms with Crippen molar-refractivity contribution in [2.75, 3.05) is 87.5 Å². The van der Waals surface area contributed by atoms with Gasteiger partial charge in [0.25, 0.3) is 0 Å². The van der Waals surface area contributed by atoms with Gasteiger partial charge in [0.2, 0.25) is 47.3 Å². The normalized spacial score (nSPS) is 10.2. The van der Waals surface area contributed by atoms with Crippen molar-refractivity contribution < 1.29 is 78.6 Å². The Morgan fingerprint density at radius 2 is 0.479 bits per heavy atom. The van der Waals surface area contributed by atoms with Gasteiger partial charge in [-0.05, 0) is 261 Å². The zero-order chi connectivity index (χ0) is 108. The second kappa shape index (κ2) is 74.3. The van der Waals surface area contributed by atoms with Crippen molar-refractivity contribution in [3.63, 3.8) is 0 Å². The number of benzene rings is 8. The van der Waals surface area contributed by atoms with E-state index in [1.165, 1.54) is 11.1 Å². The molecule has 0 aromatic heterocycles. The van der Waals surface area contributed by atoms with Crippen LogP contribution in [0, 0.1) is 34.6 Å². The van der Waals surface area contributed by atoms with Crippen LogP contribution in [0.15, 0.2) is 280 Å². The van der Waals surface area contributed by atoms with Gasteiger partial charge in [-0.1, -0.05) is 190 Å². The van der Waals surface area contributed by atoms with Crippen molar-refractivity contribution in [3.8, 4) is 0 Å². The molecule has 0 radical (unpaired) electrons. The predicted molar refractivity (Wildman–Crippen MR) is 596 cm³/mol. The first kappa shape index (κ1) is 128. The minimum atomic E-state index is 0.0427. The first-order valence-corrected chi connectivity index (χ1v) is 50.3. The highest BCUT2D eigenvalue weighted by molar-refractivity contribution is 6.30. The highest BCUT2D eigenvalue weighted by atomic mass is 35.5. The molecule has 0 aliphatic heterocycles. The molecule has 0 bridgehead atoms. The lowest BCUT2D eigenvalue weighted by Gasteiger charge is -2.27. The lowest BCUT2D eigenvalue weighted by atomic mass is 10.1. The van der Waals surface area contributed by atoms with Crippen LogP contribution in [0.25, 0.3) is 0 Å². The maximum absolute atomic E-state index is 12.2. The van der Waals surface area contributed by atoms with Crippen LogP contribution in [0.4, 0.5) is 45.5 Å². The van der Waals surface area contributed by atoms with E-state index in [0.717, 1.165) is 126 Å². The molecule has 144 heavy (non-hydrogen) atoms. The monoisotopic (exact) mass is 2000 g/mol. The summed E-state index contributed by atoms with van der Waals surface area (Å²) in [5, 5.41) is 54.5. The molecule has 6 N–H and O–H groups in total. The SMILES string of the molecule is C=C(O)CCCC(=O)N(C)c1ccccc1C.C=C(O)CCCC(=O)N(CC)c1ccc(Cl)cc1.C=C(O)CCCC(=O)N(CC)c1ccccc1.C=C(O)CCCC(=O)N(c1ccccc1)C(C)C.C=C(O)CCCCCC(=O)N(C)c1ccc(C)cc1.C=C(O)CCCCCC(=O)N(C)c1ccccc1C.CC(=O)CCCCC(=O)N(C)c1ccc(C)cc1.CC(=O)CCCCC(=O)N(C)c1ccccc1C. The molecule has 784 valence electrons. The molecular weight excluding hydrogens is 1830 g/mol. The van der Waals surface area contributed by atoms with Crippen molar-refractivity contribution in [1.29, 1.82) is 0 Å². The largest absolute Gasteiger partial charge is 0.513 e. The van der Waals surface area contributed by atoms with E-state index in [0.29, 0.717) is 147 Å². The van der Waals surface area contributed by atoms with Gasteiger partial charge in [0, 0.05) is 208 Å². The first-order chi connectivity index (χ1) is 68.3. The van der Waals surface area contributed by atoms with E-state index in [9.17, 15) is 47.9 Å². The van der Waals surface area contributed by atoms with Crippen LogP contribution in [-0.2, 0) is 47.9 Å². The molecule has 0 saturated heterocycles. The topological polar surface area (TPSA) is 318 Å². The number of amides is 8. The fourth-order valence-electron chi connectivity index (χ4n) is 14.5. The lowest BCUT2D eigenvalue weighted by Crippen LogP contribution is -2.36. The second-order valence-corrected chi connectivity index (χ2v) is 36.3. The third-order valence-corrected chi connectivity index (χ3v) is 23.1. The Balaban J connectivity index is 0.000000823. The number of aliphatic hydroxyl groups is 6. The Morgan fingerprint density at radius 1 is 0.257 bits per heavy atom. The van der Waals surface area contributed by atoms with E-state index in [4.69, 9.17) is 42.2 Å². The molecule has 8 rings (SSSR count). The van der Waals surface area contributed by atoms with Crippen molar-refractivity contribution in [3.05, 3.63) is 313 Å². The molecule has 0 saturated carbocycles. The van der Waals surface area contributed by atoms with Gasteiger partial charge in [0.05, 0.1) is 34.6 Å². The van der Waals surface area contributed by atoms with Crippen LogP contribution in [-0.4, -0.2) is 144 Å². The van der Waals surface area contributed by atoms with Gasteiger partial charge in [-0.25, -0.2) is 0 Å². The van der Waals surface area contributed by atoms with Crippen molar-refractivity contribution in [2.45, 2.75) is 275 Å². The molecule has 0 unspecified atom stereocenters. The van der Waals surface area contributed by atoms with Crippen LogP contribution in [0.1, 0.15) is 262 Å². The molecular formula is C119H165ClN8O16. The Labute approximate surface area is 864 Å². The van der Waals surface area contributed by atoms with Gasteiger partial charge < -0.3 is 79.4 Å². The van der Waals surface area contributed by atoms with Crippen LogP contribution in [0.2, 0.25) is 5.02 Å². The van der Waals surface area contributed by atoms with Crippen LogP contribution < -0.4 is 39.2 Å². The summed E-state index contributed by atoms with van der Waals surface area (Å²) in [7, 11) is 8.99. The zero-order valence-corrected chi connectivity index (χ0v) is 89.6. The number of aryl methyl sites for hydroxylation is 5. The summed E-state index contributed by atoms with van der Waals surface area (Å²) >= 11 is 5.82. The molecule has 8 aromatic carbocycles. The van der Waals surface area contributed by atoms with E-state index < -0.39 is 0 Å². The van der Waals surface area contributed by atoms with E-state index in [1.807, 2.05) is 271 Å². The number of ketones is 2. The van der Waals surface area contributed by atoms with Gasteiger partial charge >= 0.3 is 0 Å². The summed E-state index contributed by atoms with van der Waals surface area (Å²) in [4.78, 5) is 131. The molecule has 0 fully saturated rings. The number of allylic oxidation sites excluding steroid dienone is 6. The molecule has 0 atom stereocenters. The lowest BCUT2D eigenvalue weighted by molar-refractivity contribution is -0.119. The quantitative estimate of drug-likeness (QED) is 0.0152. The fraction of sp³-hybridized carbons (Fsp3) is 0.412. The number of nitrogens with zero attached hydrogens (tertiary/aromatic N) is 8. The summed E-state index contributed by atoms with van der Waals surface area (Å²) in [6, 6.07) is 65.9. The summed E-state index contributed by atoms with van der Waals surface area (Å²) in [6.45, 7) is 42.9. The number of carbonyl (C=O) groups is 10. The Hall–Kier alpha value is -13.6. The number of rotatable bonds is 49. The van der Waals surface area contributed by atoms with Gasteiger partial charge in [-0.3, -0.25) is 38.4 Å².